The molecule has 1 fully saturated rings. The van der Waals surface area contributed by atoms with Crippen LogP contribution in [0.15, 0.2) is 6.20 Å². The first kappa shape index (κ1) is 13.2. The zero-order valence-corrected chi connectivity index (χ0v) is 11.5. The Morgan fingerprint density at radius 1 is 1.28 bits per heavy atom. The van der Waals surface area contributed by atoms with Gasteiger partial charge in [0.25, 0.3) is 0 Å². The van der Waals surface area contributed by atoms with Crippen LogP contribution in [0, 0.1) is 0 Å². The molecule has 1 aliphatic rings. The normalized spacial score (nSPS) is 19.8. The molecule has 0 saturated heterocycles. The van der Waals surface area contributed by atoms with Crippen LogP contribution in [0.25, 0.3) is 0 Å². The van der Waals surface area contributed by atoms with Gasteiger partial charge in [0.1, 0.15) is 5.69 Å². The van der Waals surface area contributed by atoms with Gasteiger partial charge in [-0.15, -0.1) is 5.10 Å². The van der Waals surface area contributed by atoms with Crippen LogP contribution in [0.1, 0.15) is 49.0 Å². The SMILES string of the molecule is CN(C)C1(C(=O)c2cnnn2C)CCCCCC1. The van der Waals surface area contributed by atoms with Crippen LogP contribution in [-0.4, -0.2) is 45.3 Å². The van der Waals surface area contributed by atoms with Gasteiger partial charge in [-0.25, -0.2) is 4.68 Å². The summed E-state index contributed by atoms with van der Waals surface area (Å²) in [6, 6.07) is 0. The largest absolute Gasteiger partial charge is 0.297 e. The van der Waals surface area contributed by atoms with Crippen molar-refractivity contribution in [2.45, 2.75) is 44.1 Å². The molecule has 1 aliphatic carbocycles. The topological polar surface area (TPSA) is 51.0 Å². The number of rotatable bonds is 3. The molecule has 0 spiro atoms. The summed E-state index contributed by atoms with van der Waals surface area (Å²) >= 11 is 0. The molecule has 18 heavy (non-hydrogen) atoms. The van der Waals surface area contributed by atoms with Crippen LogP contribution in [0.3, 0.4) is 0 Å². The lowest BCUT2D eigenvalue weighted by Gasteiger charge is -2.37. The maximum atomic E-state index is 12.9. The summed E-state index contributed by atoms with van der Waals surface area (Å²) in [5.74, 6) is 0.168. The second-order valence-electron chi connectivity index (χ2n) is 5.41. The lowest BCUT2D eigenvalue weighted by Crippen LogP contribution is -2.51. The second-order valence-corrected chi connectivity index (χ2v) is 5.41. The van der Waals surface area contributed by atoms with Gasteiger partial charge in [-0.1, -0.05) is 30.9 Å². The first-order valence-corrected chi connectivity index (χ1v) is 6.65. The van der Waals surface area contributed by atoms with E-state index < -0.39 is 0 Å². The van der Waals surface area contributed by atoms with Gasteiger partial charge in [0.2, 0.25) is 5.78 Å². The number of hydrogen-bond donors (Lipinski definition) is 0. The van der Waals surface area contributed by atoms with E-state index >= 15 is 0 Å². The highest BCUT2D eigenvalue weighted by atomic mass is 16.1. The molecule has 1 heterocycles. The number of carbonyl (C=O) groups is 1. The minimum atomic E-state index is -0.369. The van der Waals surface area contributed by atoms with Crippen molar-refractivity contribution in [3.8, 4) is 0 Å². The van der Waals surface area contributed by atoms with Crippen LogP contribution in [-0.2, 0) is 7.05 Å². The summed E-state index contributed by atoms with van der Waals surface area (Å²) in [5.41, 5.74) is 0.247. The van der Waals surface area contributed by atoms with Crippen molar-refractivity contribution >= 4 is 5.78 Å². The number of carbonyl (C=O) groups excluding carboxylic acids is 1. The third kappa shape index (κ3) is 2.19. The molecule has 1 saturated carbocycles. The number of nitrogens with zero attached hydrogens (tertiary/aromatic N) is 4. The summed E-state index contributed by atoms with van der Waals surface area (Å²) in [7, 11) is 5.79. The summed E-state index contributed by atoms with van der Waals surface area (Å²) in [4.78, 5) is 14.9. The molecular formula is C13H22N4O. The minimum absolute atomic E-state index is 0.168. The Morgan fingerprint density at radius 2 is 1.89 bits per heavy atom. The monoisotopic (exact) mass is 250 g/mol. The van der Waals surface area contributed by atoms with Crippen molar-refractivity contribution in [2.75, 3.05) is 14.1 Å². The Bertz CT molecular complexity index is 416. The van der Waals surface area contributed by atoms with Crippen LogP contribution in [0.4, 0.5) is 0 Å². The molecule has 5 heteroatoms. The Morgan fingerprint density at radius 3 is 2.33 bits per heavy atom. The quantitative estimate of drug-likeness (QED) is 0.604. The van der Waals surface area contributed by atoms with Crippen molar-refractivity contribution in [3.05, 3.63) is 11.9 Å². The fourth-order valence-corrected chi connectivity index (χ4v) is 2.92. The van der Waals surface area contributed by atoms with Gasteiger partial charge in [0.05, 0.1) is 11.7 Å². The van der Waals surface area contributed by atoms with Crippen LogP contribution in [0.5, 0.6) is 0 Å². The van der Waals surface area contributed by atoms with Crippen LogP contribution < -0.4 is 0 Å². The lowest BCUT2D eigenvalue weighted by molar-refractivity contribution is 0.0624. The van der Waals surface area contributed by atoms with Gasteiger partial charge in [0.15, 0.2) is 0 Å². The molecule has 0 atom stereocenters. The molecule has 0 aromatic carbocycles. The molecule has 2 rings (SSSR count). The van der Waals surface area contributed by atoms with Crippen molar-refractivity contribution in [3.63, 3.8) is 0 Å². The Balaban J connectivity index is 2.35. The molecule has 100 valence electrons. The van der Waals surface area contributed by atoms with Gasteiger partial charge in [-0.2, -0.15) is 0 Å². The molecule has 0 N–H and O–H groups in total. The number of hydrogen-bond acceptors (Lipinski definition) is 4. The maximum Gasteiger partial charge on any atom is 0.202 e. The van der Waals surface area contributed by atoms with E-state index in [1.807, 2.05) is 14.1 Å². The predicted molar refractivity (Wildman–Crippen MR) is 69.5 cm³/mol. The summed E-state index contributed by atoms with van der Waals surface area (Å²) in [6.07, 6.45) is 8.15. The molecule has 0 aliphatic heterocycles. The van der Waals surface area contributed by atoms with E-state index in [2.05, 4.69) is 15.2 Å². The average Bonchev–Trinajstić information content (AvgIpc) is 2.63. The van der Waals surface area contributed by atoms with Crippen LogP contribution >= 0.6 is 0 Å². The number of Topliss-reactive ketones (excluding diaryl/α,β-unsaturated/α-hetero) is 1. The van der Waals surface area contributed by atoms with E-state index in [0.717, 1.165) is 25.7 Å². The number of likely N-dealkylation sites (N-methyl/N-ethyl adjacent to an activating group) is 1. The molecule has 1 aromatic rings. The van der Waals surface area contributed by atoms with E-state index in [9.17, 15) is 4.79 Å². The van der Waals surface area contributed by atoms with Gasteiger partial charge >= 0.3 is 0 Å². The van der Waals surface area contributed by atoms with E-state index in [1.54, 1.807) is 17.9 Å². The zero-order valence-electron chi connectivity index (χ0n) is 11.5. The molecule has 1 aromatic heterocycles. The van der Waals surface area contributed by atoms with Gasteiger partial charge < -0.3 is 0 Å². The number of ketones is 1. The Labute approximate surface area is 108 Å². The van der Waals surface area contributed by atoms with Crippen molar-refractivity contribution in [2.24, 2.45) is 7.05 Å². The van der Waals surface area contributed by atoms with E-state index in [4.69, 9.17) is 0 Å². The van der Waals surface area contributed by atoms with Crippen LogP contribution in [0.2, 0.25) is 0 Å². The summed E-state index contributed by atoms with van der Waals surface area (Å²) in [6.45, 7) is 0. The Hall–Kier alpha value is -1.23. The molecule has 0 bridgehead atoms. The standard InChI is InChI=1S/C13H22N4O/c1-16(2)13(8-6-4-5-7-9-13)12(18)11-10-14-15-17(11)3/h10H,4-9H2,1-3H3. The third-order valence-corrected chi connectivity index (χ3v) is 4.16. The van der Waals surface area contributed by atoms with Gasteiger partial charge in [0, 0.05) is 7.05 Å². The fraction of sp³-hybridized carbons (Fsp3) is 0.769. The van der Waals surface area contributed by atoms with Gasteiger partial charge in [-0.05, 0) is 26.9 Å². The van der Waals surface area contributed by atoms with Crippen molar-refractivity contribution in [1.82, 2.24) is 19.9 Å². The summed E-state index contributed by atoms with van der Waals surface area (Å²) in [5, 5.41) is 7.70. The fourth-order valence-electron chi connectivity index (χ4n) is 2.92. The smallest absolute Gasteiger partial charge is 0.202 e. The highest BCUT2D eigenvalue weighted by Gasteiger charge is 2.42. The first-order chi connectivity index (χ1) is 8.58. The maximum absolute atomic E-state index is 12.9. The molecular weight excluding hydrogens is 228 g/mol. The van der Waals surface area contributed by atoms with E-state index in [0.29, 0.717) is 5.69 Å². The minimum Gasteiger partial charge on any atom is -0.297 e. The van der Waals surface area contributed by atoms with Crippen molar-refractivity contribution in [1.29, 1.82) is 0 Å². The zero-order chi connectivity index (χ0) is 13.2. The highest BCUT2D eigenvalue weighted by molar-refractivity contribution is 6.01. The predicted octanol–water partition coefficient (Wildman–Crippen LogP) is 1.65. The summed E-state index contributed by atoms with van der Waals surface area (Å²) < 4.78 is 1.58. The third-order valence-electron chi connectivity index (χ3n) is 4.16. The number of aryl methyl sites for hydroxylation is 1. The average molecular weight is 250 g/mol. The highest BCUT2D eigenvalue weighted by Crippen LogP contribution is 2.33. The van der Waals surface area contributed by atoms with Gasteiger partial charge in [-0.3, -0.25) is 9.69 Å². The molecule has 0 amide bonds. The molecule has 0 unspecified atom stereocenters. The van der Waals surface area contributed by atoms with E-state index in [-0.39, 0.29) is 11.3 Å². The first-order valence-electron chi connectivity index (χ1n) is 6.65. The number of aromatic nitrogens is 3. The molecule has 0 radical (unpaired) electrons. The lowest BCUT2D eigenvalue weighted by atomic mass is 9.83. The Kier molecular flexibility index (Phi) is 3.80. The van der Waals surface area contributed by atoms with Crippen molar-refractivity contribution < 1.29 is 4.79 Å². The molecule has 5 nitrogen and oxygen atoms in total. The second kappa shape index (κ2) is 5.18. The van der Waals surface area contributed by atoms with E-state index in [1.165, 1.54) is 12.8 Å².